The number of carbonyl (C=O) groups is 1. The van der Waals surface area contributed by atoms with Gasteiger partial charge in [0, 0.05) is 19.5 Å². The van der Waals surface area contributed by atoms with Crippen LogP contribution in [-0.4, -0.2) is 41.7 Å². The van der Waals surface area contributed by atoms with E-state index in [4.69, 9.17) is 9.84 Å². The smallest absolute Gasteiger partial charge is 0.303 e. The lowest BCUT2D eigenvalue weighted by atomic mass is 10.00. The van der Waals surface area contributed by atoms with E-state index in [1.807, 2.05) is 0 Å². The molecule has 5 heteroatoms. The fourth-order valence-electron chi connectivity index (χ4n) is 4.21. The maximum atomic E-state index is 10.5. The van der Waals surface area contributed by atoms with Crippen LogP contribution in [0.4, 0.5) is 0 Å². The average molecular weight is 446 g/mol. The molecule has 0 atom stereocenters. The Labute approximate surface area is 193 Å². The highest BCUT2D eigenvalue weighted by molar-refractivity contribution is 5.85. The van der Waals surface area contributed by atoms with Gasteiger partial charge in [0.05, 0.1) is 6.10 Å². The number of likely N-dealkylation sites (tertiary alicyclic amines) is 1. The van der Waals surface area contributed by atoms with Gasteiger partial charge in [0.1, 0.15) is 6.10 Å². The average Bonchev–Trinajstić information content (AvgIpc) is 2.79. The summed E-state index contributed by atoms with van der Waals surface area (Å²) in [5.41, 5.74) is 2.43. The van der Waals surface area contributed by atoms with Crippen LogP contribution in [0.25, 0.3) is 0 Å². The summed E-state index contributed by atoms with van der Waals surface area (Å²) < 4.78 is 6.63. The van der Waals surface area contributed by atoms with E-state index in [2.05, 4.69) is 65.6 Å². The Kier molecular flexibility index (Phi) is 11.7. The second kappa shape index (κ2) is 14.2. The molecule has 1 aliphatic rings. The van der Waals surface area contributed by atoms with E-state index in [0.29, 0.717) is 12.5 Å². The fourth-order valence-corrected chi connectivity index (χ4v) is 4.21. The molecule has 2 aromatic rings. The number of hydrogen-bond acceptors (Lipinski definition) is 3. The monoisotopic (exact) mass is 445 g/mol. The zero-order valence-corrected chi connectivity index (χ0v) is 19.1. The lowest BCUT2D eigenvalue weighted by Gasteiger charge is -2.34. The number of unbranched alkanes of at least 4 members (excludes halogenated alkanes) is 4. The van der Waals surface area contributed by atoms with Crippen LogP contribution in [0.2, 0.25) is 0 Å². The highest BCUT2D eigenvalue weighted by Crippen LogP contribution is 2.30. The van der Waals surface area contributed by atoms with Crippen LogP contribution in [0.5, 0.6) is 0 Å². The zero-order valence-electron chi connectivity index (χ0n) is 18.3. The first-order valence-corrected chi connectivity index (χ1v) is 11.4. The summed E-state index contributed by atoms with van der Waals surface area (Å²) in [7, 11) is 0. The standard InChI is InChI=1S/C26H35NO3.ClH/c28-25(29)16-10-2-1-3-11-19-27-20-17-24(18-21-27)30-26(22-12-6-4-7-13-22)23-14-8-5-9-15-23;/h4-9,12-15,24,26H,1-3,10-11,16-21H2,(H,28,29);1H. The van der Waals surface area contributed by atoms with E-state index in [1.165, 1.54) is 24.0 Å². The normalized spacial score (nSPS) is 15.0. The van der Waals surface area contributed by atoms with Gasteiger partial charge in [0.25, 0.3) is 0 Å². The Bertz CT molecular complexity index is 693. The van der Waals surface area contributed by atoms with Crippen LogP contribution in [0.15, 0.2) is 60.7 Å². The Morgan fingerprint density at radius 1 is 0.871 bits per heavy atom. The van der Waals surface area contributed by atoms with Gasteiger partial charge in [0.2, 0.25) is 0 Å². The van der Waals surface area contributed by atoms with E-state index < -0.39 is 5.97 Å². The number of ether oxygens (including phenoxy) is 1. The number of piperidine rings is 1. The van der Waals surface area contributed by atoms with Crippen molar-refractivity contribution < 1.29 is 14.6 Å². The number of benzene rings is 2. The zero-order chi connectivity index (χ0) is 21.0. The molecule has 0 spiro atoms. The maximum absolute atomic E-state index is 10.5. The molecular weight excluding hydrogens is 410 g/mol. The summed E-state index contributed by atoms with van der Waals surface area (Å²) in [4.78, 5) is 13.1. The van der Waals surface area contributed by atoms with Gasteiger partial charge in [-0.15, -0.1) is 12.4 Å². The minimum absolute atomic E-state index is 0. The molecule has 0 saturated carbocycles. The molecule has 0 amide bonds. The minimum atomic E-state index is -0.679. The molecule has 170 valence electrons. The molecular formula is C26H36ClNO3. The molecule has 0 aromatic heterocycles. The van der Waals surface area contributed by atoms with E-state index >= 15 is 0 Å². The van der Waals surface area contributed by atoms with Crippen LogP contribution in [0.3, 0.4) is 0 Å². The van der Waals surface area contributed by atoms with Crippen LogP contribution in [0, 0.1) is 0 Å². The van der Waals surface area contributed by atoms with Gasteiger partial charge in [0.15, 0.2) is 0 Å². The third kappa shape index (κ3) is 9.02. The number of carboxylic acids is 1. The van der Waals surface area contributed by atoms with Gasteiger partial charge >= 0.3 is 5.97 Å². The predicted molar refractivity (Wildman–Crippen MR) is 128 cm³/mol. The summed E-state index contributed by atoms with van der Waals surface area (Å²) in [6, 6.07) is 21.1. The van der Waals surface area contributed by atoms with Crippen LogP contribution < -0.4 is 0 Å². The van der Waals surface area contributed by atoms with Crippen LogP contribution in [0.1, 0.15) is 68.6 Å². The third-order valence-corrected chi connectivity index (χ3v) is 5.93. The quantitative estimate of drug-likeness (QED) is 0.401. The number of hydrogen-bond donors (Lipinski definition) is 1. The first-order valence-electron chi connectivity index (χ1n) is 11.4. The van der Waals surface area contributed by atoms with Crippen molar-refractivity contribution >= 4 is 18.4 Å². The summed E-state index contributed by atoms with van der Waals surface area (Å²) in [5, 5.41) is 8.67. The van der Waals surface area contributed by atoms with Crippen molar-refractivity contribution in [2.24, 2.45) is 0 Å². The molecule has 1 fully saturated rings. The molecule has 0 aliphatic carbocycles. The van der Waals surface area contributed by atoms with Crippen molar-refractivity contribution in [2.75, 3.05) is 19.6 Å². The van der Waals surface area contributed by atoms with E-state index in [9.17, 15) is 4.79 Å². The Morgan fingerprint density at radius 2 is 1.39 bits per heavy atom. The van der Waals surface area contributed by atoms with Gasteiger partial charge in [-0.2, -0.15) is 0 Å². The van der Waals surface area contributed by atoms with Crippen molar-refractivity contribution in [2.45, 2.75) is 63.6 Å². The largest absolute Gasteiger partial charge is 0.481 e. The van der Waals surface area contributed by atoms with Gasteiger partial charge < -0.3 is 14.7 Å². The van der Waals surface area contributed by atoms with Crippen molar-refractivity contribution in [1.29, 1.82) is 0 Å². The van der Waals surface area contributed by atoms with E-state index in [0.717, 1.165) is 51.7 Å². The van der Waals surface area contributed by atoms with Gasteiger partial charge in [-0.3, -0.25) is 4.79 Å². The summed E-state index contributed by atoms with van der Waals surface area (Å²) in [5.74, 6) is -0.679. The van der Waals surface area contributed by atoms with E-state index in [1.54, 1.807) is 0 Å². The molecule has 1 saturated heterocycles. The predicted octanol–water partition coefficient (Wildman–Crippen LogP) is 6.10. The highest BCUT2D eigenvalue weighted by Gasteiger charge is 2.24. The first-order chi connectivity index (χ1) is 14.7. The van der Waals surface area contributed by atoms with E-state index in [-0.39, 0.29) is 18.5 Å². The summed E-state index contributed by atoms with van der Waals surface area (Å²) in [6.07, 6.45) is 8.13. The Hall–Kier alpha value is -1.88. The topological polar surface area (TPSA) is 49.8 Å². The number of rotatable bonds is 12. The molecule has 31 heavy (non-hydrogen) atoms. The number of nitrogens with zero attached hydrogens (tertiary/aromatic N) is 1. The molecule has 2 aromatic carbocycles. The Balaban J connectivity index is 0.00000341. The third-order valence-electron chi connectivity index (χ3n) is 5.93. The molecule has 1 heterocycles. The molecule has 0 bridgehead atoms. The molecule has 0 unspecified atom stereocenters. The van der Waals surface area contributed by atoms with Gasteiger partial charge in [-0.25, -0.2) is 0 Å². The minimum Gasteiger partial charge on any atom is -0.481 e. The van der Waals surface area contributed by atoms with Gasteiger partial charge in [-0.1, -0.05) is 79.9 Å². The molecule has 0 radical (unpaired) electrons. The Morgan fingerprint density at radius 3 is 1.94 bits per heavy atom. The van der Waals surface area contributed by atoms with Gasteiger partial charge in [-0.05, 0) is 43.4 Å². The second-order valence-electron chi connectivity index (χ2n) is 8.29. The molecule has 1 aliphatic heterocycles. The lowest BCUT2D eigenvalue weighted by molar-refractivity contribution is -0.137. The van der Waals surface area contributed by atoms with Crippen molar-refractivity contribution in [3.63, 3.8) is 0 Å². The number of halogens is 1. The summed E-state index contributed by atoms with van der Waals surface area (Å²) >= 11 is 0. The first kappa shape index (κ1) is 25.4. The van der Waals surface area contributed by atoms with Crippen molar-refractivity contribution in [3.8, 4) is 0 Å². The molecule has 1 N–H and O–H groups in total. The molecule has 3 rings (SSSR count). The number of carboxylic acid groups (broad SMARTS) is 1. The van der Waals surface area contributed by atoms with Crippen LogP contribution >= 0.6 is 12.4 Å². The maximum Gasteiger partial charge on any atom is 0.303 e. The van der Waals surface area contributed by atoms with Crippen LogP contribution in [-0.2, 0) is 9.53 Å². The van der Waals surface area contributed by atoms with Crippen molar-refractivity contribution in [1.82, 2.24) is 4.90 Å². The lowest BCUT2D eigenvalue weighted by Crippen LogP contribution is -2.38. The fraction of sp³-hybridized carbons (Fsp3) is 0.500. The highest BCUT2D eigenvalue weighted by atomic mass is 35.5. The summed E-state index contributed by atoms with van der Waals surface area (Å²) in [6.45, 7) is 3.34. The molecule has 4 nitrogen and oxygen atoms in total. The number of aliphatic carboxylic acids is 1. The SMILES string of the molecule is Cl.O=C(O)CCCCCCCN1CCC(OC(c2ccccc2)c2ccccc2)CC1. The second-order valence-corrected chi connectivity index (χ2v) is 8.29. The van der Waals surface area contributed by atoms with Crippen molar-refractivity contribution in [3.05, 3.63) is 71.8 Å².